The van der Waals surface area contributed by atoms with Gasteiger partial charge in [0.2, 0.25) is 0 Å². The Hall–Kier alpha value is -2.57. The summed E-state index contributed by atoms with van der Waals surface area (Å²) in [7, 11) is 1.24. The van der Waals surface area contributed by atoms with Crippen molar-refractivity contribution in [2.45, 2.75) is 19.9 Å². The fourth-order valence-corrected chi connectivity index (χ4v) is 1.67. The SMILES string of the molecule is COC(=O)COc1cccc(C(=O)N[C@H](C(=O)O)C(C)C)c1. The molecule has 1 aromatic carbocycles. The minimum atomic E-state index is -1.10. The zero-order valence-electron chi connectivity index (χ0n) is 12.7. The molecular weight excluding hydrogens is 290 g/mol. The number of hydrogen-bond acceptors (Lipinski definition) is 5. The summed E-state index contributed by atoms with van der Waals surface area (Å²) in [6, 6.07) is 5.13. The van der Waals surface area contributed by atoms with E-state index in [0.29, 0.717) is 5.75 Å². The Morgan fingerprint density at radius 2 is 1.95 bits per heavy atom. The largest absolute Gasteiger partial charge is 0.482 e. The van der Waals surface area contributed by atoms with E-state index in [-0.39, 0.29) is 18.1 Å². The van der Waals surface area contributed by atoms with Crippen molar-refractivity contribution in [2.75, 3.05) is 13.7 Å². The molecule has 0 aliphatic carbocycles. The third-order valence-electron chi connectivity index (χ3n) is 2.90. The van der Waals surface area contributed by atoms with Gasteiger partial charge in [-0.1, -0.05) is 19.9 Å². The number of carbonyl (C=O) groups excluding carboxylic acids is 2. The Bertz CT molecular complexity index is 555. The molecule has 7 nitrogen and oxygen atoms in total. The number of carboxylic acid groups (broad SMARTS) is 1. The molecule has 1 amide bonds. The molecule has 2 N–H and O–H groups in total. The summed E-state index contributed by atoms with van der Waals surface area (Å²) in [6.45, 7) is 3.13. The van der Waals surface area contributed by atoms with Crippen LogP contribution < -0.4 is 10.1 Å². The van der Waals surface area contributed by atoms with Crippen LogP contribution in [0.15, 0.2) is 24.3 Å². The Balaban J connectivity index is 2.77. The highest BCUT2D eigenvalue weighted by Gasteiger charge is 2.24. The van der Waals surface area contributed by atoms with Crippen molar-refractivity contribution in [3.8, 4) is 5.75 Å². The third kappa shape index (κ3) is 5.08. The molecule has 0 saturated carbocycles. The molecule has 0 unspecified atom stereocenters. The highest BCUT2D eigenvalue weighted by Crippen LogP contribution is 2.14. The normalized spacial score (nSPS) is 11.6. The Morgan fingerprint density at radius 1 is 1.27 bits per heavy atom. The van der Waals surface area contributed by atoms with Crippen LogP contribution in [-0.4, -0.2) is 42.7 Å². The van der Waals surface area contributed by atoms with Gasteiger partial charge in [-0.2, -0.15) is 0 Å². The number of esters is 1. The van der Waals surface area contributed by atoms with Crippen LogP contribution >= 0.6 is 0 Å². The van der Waals surface area contributed by atoms with E-state index < -0.39 is 23.9 Å². The van der Waals surface area contributed by atoms with Crippen LogP contribution in [0.4, 0.5) is 0 Å². The fourth-order valence-electron chi connectivity index (χ4n) is 1.67. The van der Waals surface area contributed by atoms with Gasteiger partial charge in [0.1, 0.15) is 11.8 Å². The number of methoxy groups -OCH3 is 1. The maximum absolute atomic E-state index is 12.1. The molecule has 120 valence electrons. The van der Waals surface area contributed by atoms with Crippen LogP contribution in [0.5, 0.6) is 5.75 Å². The summed E-state index contributed by atoms with van der Waals surface area (Å²) in [4.78, 5) is 34.2. The lowest BCUT2D eigenvalue weighted by molar-refractivity contribution is -0.143. The zero-order valence-corrected chi connectivity index (χ0v) is 12.7. The number of amides is 1. The minimum absolute atomic E-state index is 0.245. The first-order chi connectivity index (χ1) is 10.3. The predicted molar refractivity (Wildman–Crippen MR) is 77.7 cm³/mol. The first-order valence-corrected chi connectivity index (χ1v) is 6.68. The highest BCUT2D eigenvalue weighted by molar-refractivity contribution is 5.97. The number of rotatable bonds is 7. The van der Waals surface area contributed by atoms with Crippen LogP contribution in [0.25, 0.3) is 0 Å². The molecule has 1 aromatic rings. The van der Waals surface area contributed by atoms with E-state index in [1.54, 1.807) is 26.0 Å². The van der Waals surface area contributed by atoms with Crippen LogP contribution in [0, 0.1) is 5.92 Å². The molecule has 0 saturated heterocycles. The van der Waals surface area contributed by atoms with E-state index in [0.717, 1.165) is 0 Å². The van der Waals surface area contributed by atoms with Crippen LogP contribution in [0.1, 0.15) is 24.2 Å². The smallest absolute Gasteiger partial charge is 0.343 e. The average molecular weight is 309 g/mol. The van der Waals surface area contributed by atoms with E-state index in [1.165, 1.54) is 19.2 Å². The number of aliphatic carboxylic acids is 1. The molecule has 0 aliphatic rings. The van der Waals surface area contributed by atoms with Gasteiger partial charge in [-0.25, -0.2) is 9.59 Å². The van der Waals surface area contributed by atoms with Crippen molar-refractivity contribution in [3.05, 3.63) is 29.8 Å². The molecule has 7 heteroatoms. The first kappa shape index (κ1) is 17.5. The second kappa shape index (κ2) is 8.02. The number of carboxylic acids is 1. The van der Waals surface area contributed by atoms with Gasteiger partial charge in [0.15, 0.2) is 6.61 Å². The van der Waals surface area contributed by atoms with Gasteiger partial charge in [0.25, 0.3) is 5.91 Å². The van der Waals surface area contributed by atoms with Crippen molar-refractivity contribution in [2.24, 2.45) is 5.92 Å². The van der Waals surface area contributed by atoms with Gasteiger partial charge in [0.05, 0.1) is 7.11 Å². The van der Waals surface area contributed by atoms with Gasteiger partial charge < -0.3 is 19.9 Å². The van der Waals surface area contributed by atoms with Gasteiger partial charge in [0, 0.05) is 5.56 Å². The predicted octanol–water partition coefficient (Wildman–Crippen LogP) is 1.08. The quantitative estimate of drug-likeness (QED) is 0.731. The van der Waals surface area contributed by atoms with Gasteiger partial charge in [-0.3, -0.25) is 4.79 Å². The molecule has 0 aromatic heterocycles. The van der Waals surface area contributed by atoms with Crippen LogP contribution in [0.2, 0.25) is 0 Å². The lowest BCUT2D eigenvalue weighted by Gasteiger charge is -2.18. The summed E-state index contributed by atoms with van der Waals surface area (Å²) < 4.78 is 9.62. The van der Waals surface area contributed by atoms with Crippen LogP contribution in [0.3, 0.4) is 0 Å². The number of ether oxygens (including phenoxy) is 2. The van der Waals surface area contributed by atoms with Crippen molar-refractivity contribution in [3.63, 3.8) is 0 Å². The molecule has 0 aliphatic heterocycles. The number of carbonyl (C=O) groups is 3. The molecule has 1 rings (SSSR count). The summed E-state index contributed by atoms with van der Waals surface area (Å²) >= 11 is 0. The zero-order chi connectivity index (χ0) is 16.7. The Kier molecular flexibility index (Phi) is 6.37. The fraction of sp³-hybridized carbons (Fsp3) is 0.400. The van der Waals surface area contributed by atoms with E-state index >= 15 is 0 Å². The third-order valence-corrected chi connectivity index (χ3v) is 2.90. The summed E-state index contributed by atoms with van der Waals surface area (Å²) in [5.41, 5.74) is 0.245. The summed E-state index contributed by atoms with van der Waals surface area (Å²) in [6.07, 6.45) is 0. The van der Waals surface area contributed by atoms with E-state index in [9.17, 15) is 14.4 Å². The molecule has 22 heavy (non-hydrogen) atoms. The lowest BCUT2D eigenvalue weighted by Crippen LogP contribution is -2.44. The Morgan fingerprint density at radius 3 is 2.50 bits per heavy atom. The monoisotopic (exact) mass is 309 g/mol. The topological polar surface area (TPSA) is 102 Å². The first-order valence-electron chi connectivity index (χ1n) is 6.68. The maximum Gasteiger partial charge on any atom is 0.343 e. The average Bonchev–Trinajstić information content (AvgIpc) is 2.49. The molecule has 0 fully saturated rings. The minimum Gasteiger partial charge on any atom is -0.482 e. The van der Waals surface area contributed by atoms with E-state index in [1.807, 2.05) is 0 Å². The molecule has 1 atom stereocenters. The molecule has 0 spiro atoms. The number of hydrogen-bond donors (Lipinski definition) is 2. The lowest BCUT2D eigenvalue weighted by atomic mass is 10.0. The van der Waals surface area contributed by atoms with E-state index in [2.05, 4.69) is 10.1 Å². The van der Waals surface area contributed by atoms with Crippen molar-refractivity contribution >= 4 is 17.8 Å². The van der Waals surface area contributed by atoms with Crippen molar-refractivity contribution in [1.29, 1.82) is 0 Å². The van der Waals surface area contributed by atoms with E-state index in [4.69, 9.17) is 9.84 Å². The molecule has 0 heterocycles. The molecule has 0 radical (unpaired) electrons. The standard InChI is InChI=1S/C15H19NO6/c1-9(2)13(15(19)20)16-14(18)10-5-4-6-11(7-10)22-8-12(17)21-3/h4-7,9,13H,8H2,1-3H3,(H,16,18)(H,19,20)/t13-/m0/s1. The van der Waals surface area contributed by atoms with Gasteiger partial charge >= 0.3 is 11.9 Å². The van der Waals surface area contributed by atoms with Crippen molar-refractivity contribution < 1.29 is 29.0 Å². The second-order valence-electron chi connectivity index (χ2n) is 4.93. The van der Waals surface area contributed by atoms with Crippen LogP contribution in [-0.2, 0) is 14.3 Å². The van der Waals surface area contributed by atoms with Crippen molar-refractivity contribution in [1.82, 2.24) is 5.32 Å². The maximum atomic E-state index is 12.1. The second-order valence-corrected chi connectivity index (χ2v) is 4.93. The molecular formula is C15H19NO6. The Labute approximate surface area is 128 Å². The number of nitrogens with one attached hydrogen (secondary N) is 1. The number of benzene rings is 1. The van der Waals surface area contributed by atoms with Gasteiger partial charge in [-0.05, 0) is 24.1 Å². The summed E-state index contributed by atoms with van der Waals surface area (Å²) in [5, 5.41) is 11.5. The van der Waals surface area contributed by atoms with Gasteiger partial charge in [-0.15, -0.1) is 0 Å². The molecule has 0 bridgehead atoms. The highest BCUT2D eigenvalue weighted by atomic mass is 16.6. The summed E-state index contributed by atoms with van der Waals surface area (Å²) in [5.74, 6) is -2.10.